The second kappa shape index (κ2) is 6.66. The first-order valence-corrected chi connectivity index (χ1v) is 6.74. The second-order valence-electron chi connectivity index (χ2n) is 3.89. The maximum atomic E-state index is 10.9. The molecule has 0 aliphatic heterocycles. The third-order valence-corrected chi connectivity index (χ3v) is 3.89. The molecule has 0 radical (unpaired) electrons. The Labute approximate surface area is 115 Å². The fourth-order valence-corrected chi connectivity index (χ4v) is 2.66. The van der Waals surface area contributed by atoms with Crippen molar-refractivity contribution in [1.29, 1.82) is 0 Å². The van der Waals surface area contributed by atoms with E-state index in [-0.39, 0.29) is 11.7 Å². The van der Waals surface area contributed by atoms with Crippen LogP contribution in [0.5, 0.6) is 0 Å². The minimum absolute atomic E-state index is 0.00869. The van der Waals surface area contributed by atoms with Crippen molar-refractivity contribution in [3.05, 3.63) is 34.3 Å². The lowest BCUT2D eigenvalue weighted by Crippen LogP contribution is -2.11. The SMILES string of the molecule is CC(CC(=O)O)SCc1ccc(C(N)=O)cc1Cl. The van der Waals surface area contributed by atoms with Gasteiger partial charge in [-0.3, -0.25) is 9.59 Å². The van der Waals surface area contributed by atoms with Crippen LogP contribution in [0.15, 0.2) is 18.2 Å². The molecule has 0 saturated carbocycles. The molecule has 18 heavy (non-hydrogen) atoms. The van der Waals surface area contributed by atoms with Crippen molar-refractivity contribution in [3.8, 4) is 0 Å². The van der Waals surface area contributed by atoms with E-state index in [1.165, 1.54) is 17.8 Å². The molecule has 0 aliphatic rings. The highest BCUT2D eigenvalue weighted by atomic mass is 35.5. The quantitative estimate of drug-likeness (QED) is 0.842. The zero-order valence-corrected chi connectivity index (χ0v) is 11.4. The molecule has 0 aliphatic carbocycles. The van der Waals surface area contributed by atoms with E-state index in [0.29, 0.717) is 16.3 Å². The van der Waals surface area contributed by atoms with Crippen molar-refractivity contribution < 1.29 is 14.7 Å². The summed E-state index contributed by atoms with van der Waals surface area (Å²) in [5, 5.41) is 9.12. The number of carbonyl (C=O) groups is 2. The van der Waals surface area contributed by atoms with Crippen LogP contribution in [-0.2, 0) is 10.5 Å². The van der Waals surface area contributed by atoms with E-state index in [1.54, 1.807) is 12.1 Å². The maximum Gasteiger partial charge on any atom is 0.304 e. The molecule has 0 fully saturated rings. The lowest BCUT2D eigenvalue weighted by Gasteiger charge is -2.10. The maximum absolute atomic E-state index is 10.9. The predicted octanol–water partition coefficient (Wildman–Crippen LogP) is 2.54. The first-order chi connectivity index (χ1) is 8.40. The second-order valence-corrected chi connectivity index (χ2v) is 5.72. The molecule has 0 aromatic heterocycles. The molecule has 0 heterocycles. The number of carbonyl (C=O) groups excluding carboxylic acids is 1. The average molecular weight is 288 g/mol. The van der Waals surface area contributed by atoms with E-state index < -0.39 is 11.9 Å². The molecule has 1 amide bonds. The first kappa shape index (κ1) is 14.9. The van der Waals surface area contributed by atoms with E-state index in [2.05, 4.69) is 0 Å². The van der Waals surface area contributed by atoms with Crippen LogP contribution in [0.1, 0.15) is 29.3 Å². The van der Waals surface area contributed by atoms with Crippen molar-refractivity contribution >= 4 is 35.2 Å². The number of primary amides is 1. The fraction of sp³-hybridized carbons (Fsp3) is 0.333. The number of amides is 1. The number of rotatable bonds is 6. The van der Waals surface area contributed by atoms with Crippen LogP contribution >= 0.6 is 23.4 Å². The summed E-state index contributed by atoms with van der Waals surface area (Å²) in [6, 6.07) is 4.89. The molecule has 1 aromatic rings. The van der Waals surface area contributed by atoms with Crippen molar-refractivity contribution in [2.45, 2.75) is 24.3 Å². The molecule has 1 unspecified atom stereocenters. The number of aliphatic carboxylic acids is 1. The Hall–Kier alpha value is -1.20. The zero-order valence-electron chi connectivity index (χ0n) is 9.85. The molecule has 1 atom stereocenters. The molecule has 98 valence electrons. The summed E-state index contributed by atoms with van der Waals surface area (Å²) in [5.41, 5.74) is 6.37. The van der Waals surface area contributed by atoms with Gasteiger partial charge in [0.1, 0.15) is 0 Å². The van der Waals surface area contributed by atoms with Gasteiger partial charge in [-0.2, -0.15) is 11.8 Å². The van der Waals surface area contributed by atoms with Crippen LogP contribution < -0.4 is 5.73 Å². The molecule has 0 bridgehead atoms. The van der Waals surface area contributed by atoms with Crippen molar-refractivity contribution in [1.82, 2.24) is 0 Å². The van der Waals surface area contributed by atoms with E-state index in [1.807, 2.05) is 6.92 Å². The molecule has 0 spiro atoms. The van der Waals surface area contributed by atoms with Gasteiger partial charge >= 0.3 is 5.97 Å². The standard InChI is InChI=1S/C12H14ClNO3S/c1-7(4-11(15)16)18-6-9-3-2-8(12(14)17)5-10(9)13/h2-3,5,7H,4,6H2,1H3,(H2,14,17)(H,15,16). The zero-order chi connectivity index (χ0) is 13.7. The van der Waals surface area contributed by atoms with E-state index in [4.69, 9.17) is 22.4 Å². The Morgan fingerprint density at radius 3 is 2.67 bits per heavy atom. The summed E-state index contributed by atoms with van der Waals surface area (Å²) in [6.45, 7) is 1.85. The van der Waals surface area contributed by atoms with Gasteiger partial charge in [-0.25, -0.2) is 0 Å². The van der Waals surface area contributed by atoms with Gasteiger partial charge in [-0.05, 0) is 17.7 Å². The third-order valence-electron chi connectivity index (χ3n) is 2.32. The average Bonchev–Trinajstić information content (AvgIpc) is 2.26. The summed E-state index contributed by atoms with van der Waals surface area (Å²) in [6.07, 6.45) is 0.113. The van der Waals surface area contributed by atoms with Crippen LogP contribution in [0.3, 0.4) is 0 Å². The number of carboxylic acid groups (broad SMARTS) is 1. The highest BCUT2D eigenvalue weighted by Gasteiger charge is 2.10. The number of carboxylic acids is 1. The highest BCUT2D eigenvalue weighted by molar-refractivity contribution is 7.99. The monoisotopic (exact) mass is 287 g/mol. The lowest BCUT2D eigenvalue weighted by atomic mass is 10.1. The first-order valence-electron chi connectivity index (χ1n) is 5.31. The summed E-state index contributed by atoms with van der Waals surface area (Å²) < 4.78 is 0. The fourth-order valence-electron chi connectivity index (χ4n) is 1.35. The summed E-state index contributed by atoms with van der Waals surface area (Å²) in [7, 11) is 0. The van der Waals surface area contributed by atoms with E-state index >= 15 is 0 Å². The van der Waals surface area contributed by atoms with Gasteiger partial charge in [0.05, 0.1) is 6.42 Å². The van der Waals surface area contributed by atoms with Crippen molar-refractivity contribution in [2.75, 3.05) is 0 Å². The third kappa shape index (κ3) is 4.58. The largest absolute Gasteiger partial charge is 0.481 e. The normalized spacial score (nSPS) is 12.1. The van der Waals surface area contributed by atoms with Crippen LogP contribution in [-0.4, -0.2) is 22.2 Å². The lowest BCUT2D eigenvalue weighted by molar-refractivity contribution is -0.136. The Bertz CT molecular complexity index is 465. The summed E-state index contributed by atoms with van der Waals surface area (Å²) >= 11 is 7.53. The molecule has 1 rings (SSSR count). The number of benzene rings is 1. The molecular formula is C12H14ClNO3S. The van der Waals surface area contributed by atoms with Gasteiger partial charge in [-0.15, -0.1) is 0 Å². The van der Waals surface area contributed by atoms with Gasteiger partial charge in [-0.1, -0.05) is 24.6 Å². The summed E-state index contributed by atoms with van der Waals surface area (Å²) in [5.74, 6) is -0.729. The highest BCUT2D eigenvalue weighted by Crippen LogP contribution is 2.25. The molecule has 1 aromatic carbocycles. The molecule has 3 N–H and O–H groups in total. The minimum Gasteiger partial charge on any atom is -0.481 e. The number of thioether (sulfide) groups is 1. The molecule has 0 saturated heterocycles. The van der Waals surface area contributed by atoms with E-state index in [0.717, 1.165) is 5.56 Å². The Morgan fingerprint density at radius 2 is 2.17 bits per heavy atom. The number of nitrogens with two attached hydrogens (primary N) is 1. The molecule has 6 heteroatoms. The van der Waals surface area contributed by atoms with Gasteiger partial charge in [0, 0.05) is 21.6 Å². The van der Waals surface area contributed by atoms with Crippen molar-refractivity contribution in [3.63, 3.8) is 0 Å². The van der Waals surface area contributed by atoms with Gasteiger partial charge < -0.3 is 10.8 Å². The van der Waals surface area contributed by atoms with Crippen LogP contribution in [0, 0.1) is 0 Å². The van der Waals surface area contributed by atoms with Gasteiger partial charge in [0.2, 0.25) is 5.91 Å². The van der Waals surface area contributed by atoms with E-state index in [9.17, 15) is 9.59 Å². The topological polar surface area (TPSA) is 80.4 Å². The van der Waals surface area contributed by atoms with Gasteiger partial charge in [0.15, 0.2) is 0 Å². The Balaban J connectivity index is 2.63. The predicted molar refractivity (Wildman–Crippen MR) is 73.0 cm³/mol. The van der Waals surface area contributed by atoms with Crippen LogP contribution in [0.4, 0.5) is 0 Å². The number of hydrogen-bond acceptors (Lipinski definition) is 3. The minimum atomic E-state index is -0.815. The Morgan fingerprint density at radius 1 is 1.50 bits per heavy atom. The summed E-state index contributed by atoms with van der Waals surface area (Å²) in [4.78, 5) is 21.5. The number of halogens is 1. The molecular weight excluding hydrogens is 274 g/mol. The Kier molecular flexibility index (Phi) is 5.50. The number of hydrogen-bond donors (Lipinski definition) is 2. The van der Waals surface area contributed by atoms with Crippen LogP contribution in [0.2, 0.25) is 5.02 Å². The van der Waals surface area contributed by atoms with Crippen molar-refractivity contribution in [2.24, 2.45) is 5.73 Å². The van der Waals surface area contributed by atoms with Gasteiger partial charge in [0.25, 0.3) is 0 Å². The molecule has 4 nitrogen and oxygen atoms in total. The smallest absolute Gasteiger partial charge is 0.304 e. The van der Waals surface area contributed by atoms with Crippen LogP contribution in [0.25, 0.3) is 0 Å².